The first-order chi connectivity index (χ1) is 8.78. The fraction of sp³-hybridized carbons (Fsp3) is 0.625. The highest BCUT2D eigenvalue weighted by Crippen LogP contribution is 2.48. The molecule has 0 amide bonds. The number of hydrogen-bond acceptors (Lipinski definition) is 2. The quantitative estimate of drug-likeness (QED) is 0.759. The van der Waals surface area contributed by atoms with Crippen molar-refractivity contribution < 1.29 is 4.74 Å². The van der Waals surface area contributed by atoms with Crippen LogP contribution in [0.15, 0.2) is 24.3 Å². The summed E-state index contributed by atoms with van der Waals surface area (Å²) >= 11 is 0. The predicted octanol–water partition coefficient (Wildman–Crippen LogP) is 3.50. The van der Waals surface area contributed by atoms with E-state index in [0.29, 0.717) is 12.0 Å². The number of ether oxygens (including phenoxy) is 1. The lowest BCUT2D eigenvalue weighted by molar-refractivity contribution is 0.185. The molecule has 0 radical (unpaired) electrons. The van der Waals surface area contributed by atoms with E-state index in [9.17, 15) is 0 Å². The molecule has 2 rings (SSSR count). The van der Waals surface area contributed by atoms with E-state index in [-0.39, 0.29) is 0 Å². The van der Waals surface area contributed by atoms with Gasteiger partial charge in [0.1, 0.15) is 0 Å². The van der Waals surface area contributed by atoms with Gasteiger partial charge >= 0.3 is 0 Å². The first-order valence-corrected chi connectivity index (χ1v) is 7.05. The molecular weight excluding hydrogens is 222 g/mol. The summed E-state index contributed by atoms with van der Waals surface area (Å²) in [4.78, 5) is 0. The SMILES string of the molecule is CCCC1(CNCc2ccc(COC)cc2)CC1. The minimum atomic E-state index is 0.644. The monoisotopic (exact) mass is 247 g/mol. The van der Waals surface area contributed by atoms with Gasteiger partial charge in [0.25, 0.3) is 0 Å². The highest BCUT2D eigenvalue weighted by Gasteiger charge is 2.40. The van der Waals surface area contributed by atoms with Crippen molar-refractivity contribution in [1.29, 1.82) is 0 Å². The van der Waals surface area contributed by atoms with E-state index < -0.39 is 0 Å². The van der Waals surface area contributed by atoms with Gasteiger partial charge in [0, 0.05) is 20.2 Å². The van der Waals surface area contributed by atoms with Crippen LogP contribution in [0.2, 0.25) is 0 Å². The number of nitrogens with one attached hydrogen (secondary N) is 1. The standard InChI is InChI=1S/C16H25NO/c1-3-8-16(9-10-16)13-17-11-14-4-6-15(7-5-14)12-18-2/h4-7,17H,3,8-13H2,1-2H3. The molecule has 2 nitrogen and oxygen atoms in total. The molecule has 0 spiro atoms. The maximum atomic E-state index is 5.11. The van der Waals surface area contributed by atoms with Crippen LogP contribution in [0.1, 0.15) is 43.7 Å². The molecule has 1 aromatic carbocycles. The van der Waals surface area contributed by atoms with Crippen molar-refractivity contribution in [3.05, 3.63) is 35.4 Å². The maximum Gasteiger partial charge on any atom is 0.0713 e. The molecular formula is C16H25NO. The van der Waals surface area contributed by atoms with Gasteiger partial charge < -0.3 is 10.1 Å². The topological polar surface area (TPSA) is 21.3 Å². The average Bonchev–Trinajstić information content (AvgIpc) is 3.12. The summed E-state index contributed by atoms with van der Waals surface area (Å²) in [7, 11) is 1.73. The van der Waals surface area contributed by atoms with Gasteiger partial charge in [0.15, 0.2) is 0 Å². The Labute approximate surface area is 111 Å². The third-order valence-electron chi connectivity index (χ3n) is 3.90. The van der Waals surface area contributed by atoms with Gasteiger partial charge in [-0.25, -0.2) is 0 Å². The minimum absolute atomic E-state index is 0.644. The van der Waals surface area contributed by atoms with Crippen LogP contribution < -0.4 is 5.32 Å². The van der Waals surface area contributed by atoms with Gasteiger partial charge in [0.05, 0.1) is 6.61 Å². The highest BCUT2D eigenvalue weighted by atomic mass is 16.5. The first kappa shape index (κ1) is 13.6. The Kier molecular flexibility index (Phi) is 4.79. The maximum absolute atomic E-state index is 5.11. The molecule has 0 unspecified atom stereocenters. The van der Waals surface area contributed by atoms with Crippen LogP contribution in [-0.4, -0.2) is 13.7 Å². The zero-order valence-electron chi connectivity index (χ0n) is 11.7. The summed E-state index contributed by atoms with van der Waals surface area (Å²) in [6.07, 6.45) is 5.53. The Morgan fingerprint density at radius 1 is 1.17 bits per heavy atom. The van der Waals surface area contributed by atoms with Crippen molar-refractivity contribution in [2.24, 2.45) is 5.41 Å². The summed E-state index contributed by atoms with van der Waals surface area (Å²) in [6, 6.07) is 8.69. The molecule has 1 aliphatic rings. The van der Waals surface area contributed by atoms with Gasteiger partial charge in [0.2, 0.25) is 0 Å². The van der Waals surface area contributed by atoms with E-state index in [1.807, 2.05) is 0 Å². The van der Waals surface area contributed by atoms with Crippen LogP contribution in [-0.2, 0) is 17.9 Å². The van der Waals surface area contributed by atoms with Crippen molar-refractivity contribution in [3.8, 4) is 0 Å². The summed E-state index contributed by atoms with van der Waals surface area (Å²) in [5.41, 5.74) is 3.25. The minimum Gasteiger partial charge on any atom is -0.380 e. The van der Waals surface area contributed by atoms with Crippen molar-refractivity contribution in [3.63, 3.8) is 0 Å². The van der Waals surface area contributed by atoms with Crippen molar-refractivity contribution in [1.82, 2.24) is 5.32 Å². The van der Waals surface area contributed by atoms with Gasteiger partial charge in [-0.3, -0.25) is 0 Å². The second-order valence-corrected chi connectivity index (χ2v) is 5.60. The Bertz CT molecular complexity index is 354. The van der Waals surface area contributed by atoms with Crippen molar-refractivity contribution in [2.75, 3.05) is 13.7 Å². The largest absolute Gasteiger partial charge is 0.380 e. The molecule has 1 N–H and O–H groups in total. The smallest absolute Gasteiger partial charge is 0.0713 e. The van der Waals surface area contributed by atoms with Crippen LogP contribution in [0.5, 0.6) is 0 Å². The molecule has 0 saturated heterocycles. The molecule has 2 heteroatoms. The lowest BCUT2D eigenvalue weighted by Gasteiger charge is -2.15. The van der Waals surface area contributed by atoms with E-state index in [1.165, 1.54) is 43.4 Å². The predicted molar refractivity (Wildman–Crippen MR) is 75.4 cm³/mol. The van der Waals surface area contributed by atoms with E-state index in [1.54, 1.807) is 7.11 Å². The van der Waals surface area contributed by atoms with Crippen molar-refractivity contribution >= 4 is 0 Å². The highest BCUT2D eigenvalue weighted by molar-refractivity contribution is 5.22. The third kappa shape index (κ3) is 3.82. The average molecular weight is 247 g/mol. The molecule has 0 aliphatic heterocycles. The van der Waals surface area contributed by atoms with E-state index >= 15 is 0 Å². The van der Waals surface area contributed by atoms with E-state index in [4.69, 9.17) is 4.74 Å². The van der Waals surface area contributed by atoms with Crippen LogP contribution in [0.4, 0.5) is 0 Å². The lowest BCUT2D eigenvalue weighted by atomic mass is 10.0. The van der Waals surface area contributed by atoms with E-state index in [0.717, 1.165) is 6.54 Å². The lowest BCUT2D eigenvalue weighted by Crippen LogP contribution is -2.23. The second-order valence-electron chi connectivity index (χ2n) is 5.60. The number of benzene rings is 1. The second kappa shape index (κ2) is 6.35. The van der Waals surface area contributed by atoms with Crippen molar-refractivity contribution in [2.45, 2.75) is 45.8 Å². The molecule has 1 aliphatic carbocycles. The Hall–Kier alpha value is -0.860. The molecule has 1 saturated carbocycles. The zero-order valence-corrected chi connectivity index (χ0v) is 11.7. The molecule has 0 atom stereocenters. The molecule has 100 valence electrons. The molecule has 1 aromatic rings. The normalized spacial score (nSPS) is 16.8. The number of rotatable bonds is 8. The summed E-state index contributed by atoms with van der Waals surface area (Å²) < 4.78 is 5.11. The molecule has 18 heavy (non-hydrogen) atoms. The van der Waals surface area contributed by atoms with Gasteiger partial charge in [-0.15, -0.1) is 0 Å². The zero-order chi connectivity index (χ0) is 12.8. The Morgan fingerprint density at radius 3 is 2.39 bits per heavy atom. The first-order valence-electron chi connectivity index (χ1n) is 7.05. The van der Waals surface area contributed by atoms with E-state index in [2.05, 4.69) is 36.5 Å². The van der Waals surface area contributed by atoms with Gasteiger partial charge in [-0.1, -0.05) is 37.6 Å². The van der Waals surface area contributed by atoms with Crippen LogP contribution in [0.25, 0.3) is 0 Å². The molecule has 0 aromatic heterocycles. The summed E-state index contributed by atoms with van der Waals surface area (Å²) in [5.74, 6) is 0. The van der Waals surface area contributed by atoms with Gasteiger partial charge in [-0.2, -0.15) is 0 Å². The Balaban J connectivity index is 1.73. The van der Waals surface area contributed by atoms with Gasteiger partial charge in [-0.05, 0) is 35.8 Å². The Morgan fingerprint density at radius 2 is 1.83 bits per heavy atom. The molecule has 0 bridgehead atoms. The van der Waals surface area contributed by atoms with Crippen LogP contribution in [0.3, 0.4) is 0 Å². The fourth-order valence-corrected chi connectivity index (χ4v) is 2.61. The van der Waals surface area contributed by atoms with Crippen LogP contribution >= 0.6 is 0 Å². The summed E-state index contributed by atoms with van der Waals surface area (Å²) in [5, 5.41) is 3.61. The number of hydrogen-bond donors (Lipinski definition) is 1. The summed E-state index contributed by atoms with van der Waals surface area (Å²) in [6.45, 7) is 5.15. The number of methoxy groups -OCH3 is 1. The molecule has 1 fully saturated rings. The molecule has 0 heterocycles. The third-order valence-corrected chi connectivity index (χ3v) is 3.90. The van der Waals surface area contributed by atoms with Crippen LogP contribution in [0, 0.1) is 5.41 Å². The fourth-order valence-electron chi connectivity index (χ4n) is 2.61.